The fraction of sp³-hybridized carbons (Fsp3) is 0.364. The molecule has 1 aromatic carbocycles. The molecule has 2 aromatic heterocycles. The molecular weight excluding hydrogens is 374 g/mol. The van der Waals surface area contributed by atoms with E-state index < -0.39 is 11.7 Å². The fourth-order valence-corrected chi connectivity index (χ4v) is 4.64. The van der Waals surface area contributed by atoms with Crippen LogP contribution >= 0.6 is 11.3 Å². The Balaban J connectivity index is 1.62. The number of piperidine rings is 1. The van der Waals surface area contributed by atoms with E-state index in [1.54, 1.807) is 24.3 Å². The molecule has 6 heteroatoms. The highest BCUT2D eigenvalue weighted by Crippen LogP contribution is 2.35. The molecule has 3 aromatic rings. The Bertz CT molecular complexity index is 1060. The third-order valence-electron chi connectivity index (χ3n) is 5.15. The number of carbonyl (C=O) groups excluding carboxylic acids is 1. The van der Waals surface area contributed by atoms with Crippen molar-refractivity contribution in [3.8, 4) is 16.2 Å². The van der Waals surface area contributed by atoms with Crippen molar-refractivity contribution >= 4 is 28.2 Å². The zero-order valence-electron chi connectivity index (χ0n) is 16.1. The summed E-state index contributed by atoms with van der Waals surface area (Å²) in [5.74, 6) is 0.526. The van der Waals surface area contributed by atoms with Crippen LogP contribution in [0.3, 0.4) is 0 Å². The second kappa shape index (κ2) is 7.80. The first-order valence-electron chi connectivity index (χ1n) is 9.61. The van der Waals surface area contributed by atoms with Crippen LogP contribution in [-0.4, -0.2) is 30.0 Å². The Labute approximate surface area is 167 Å². The summed E-state index contributed by atoms with van der Waals surface area (Å²) in [6.45, 7) is 5.38. The van der Waals surface area contributed by atoms with Crippen molar-refractivity contribution in [1.29, 1.82) is 0 Å². The fourth-order valence-electron chi connectivity index (χ4n) is 3.68. The molecule has 1 saturated heterocycles. The number of amides is 1. The van der Waals surface area contributed by atoms with Crippen molar-refractivity contribution in [3.63, 3.8) is 0 Å². The monoisotopic (exact) mass is 397 g/mol. The second-order valence-electron chi connectivity index (χ2n) is 7.22. The standard InChI is InChI=1S/C22H23NO4S/c1-14-8-11-28-21(14)18-13-20(24)27-19-12-16(6-7-17(18)19)26-15(2)22(25)23-9-4-3-5-10-23/h6-8,11-13,15H,3-5,9-10H2,1-2H3/t15-/m1/s1. The molecule has 1 aliphatic rings. The number of thiophene rings is 1. The summed E-state index contributed by atoms with van der Waals surface area (Å²) >= 11 is 1.60. The van der Waals surface area contributed by atoms with Crippen LogP contribution in [0.25, 0.3) is 21.4 Å². The molecular formula is C22H23NO4S. The number of nitrogens with zero attached hydrogens (tertiary/aromatic N) is 1. The van der Waals surface area contributed by atoms with E-state index in [0.29, 0.717) is 11.3 Å². The maximum atomic E-state index is 12.6. The third-order valence-corrected chi connectivity index (χ3v) is 6.20. The summed E-state index contributed by atoms with van der Waals surface area (Å²) in [5, 5.41) is 2.86. The number of carbonyl (C=O) groups is 1. The number of fused-ring (bicyclic) bond motifs is 1. The third kappa shape index (κ3) is 3.69. The van der Waals surface area contributed by atoms with Crippen LogP contribution in [0.2, 0.25) is 0 Å². The molecule has 0 N–H and O–H groups in total. The van der Waals surface area contributed by atoms with E-state index in [-0.39, 0.29) is 5.91 Å². The van der Waals surface area contributed by atoms with Gasteiger partial charge in [-0.2, -0.15) is 0 Å². The Hall–Kier alpha value is -2.60. The summed E-state index contributed by atoms with van der Waals surface area (Å²) in [7, 11) is 0. The quantitative estimate of drug-likeness (QED) is 0.603. The van der Waals surface area contributed by atoms with Gasteiger partial charge in [-0.15, -0.1) is 11.3 Å². The second-order valence-corrected chi connectivity index (χ2v) is 8.13. The molecule has 1 aliphatic heterocycles. The van der Waals surface area contributed by atoms with Crippen molar-refractivity contribution in [2.24, 2.45) is 0 Å². The zero-order valence-corrected chi connectivity index (χ0v) is 16.9. The van der Waals surface area contributed by atoms with Crippen LogP contribution in [0.4, 0.5) is 0 Å². The van der Waals surface area contributed by atoms with E-state index >= 15 is 0 Å². The minimum atomic E-state index is -0.579. The van der Waals surface area contributed by atoms with Gasteiger partial charge in [0.15, 0.2) is 6.10 Å². The van der Waals surface area contributed by atoms with Crippen molar-refractivity contribution in [2.45, 2.75) is 39.2 Å². The van der Waals surface area contributed by atoms with Crippen LogP contribution < -0.4 is 10.4 Å². The molecule has 146 valence electrons. The minimum Gasteiger partial charge on any atom is -0.481 e. The van der Waals surface area contributed by atoms with E-state index in [2.05, 4.69) is 0 Å². The van der Waals surface area contributed by atoms with E-state index in [0.717, 1.165) is 47.3 Å². The topological polar surface area (TPSA) is 59.8 Å². The highest BCUT2D eigenvalue weighted by Gasteiger charge is 2.23. The van der Waals surface area contributed by atoms with E-state index in [9.17, 15) is 9.59 Å². The SMILES string of the molecule is Cc1ccsc1-c1cc(=O)oc2cc(O[C@H](C)C(=O)N3CCCCC3)ccc12. The van der Waals surface area contributed by atoms with Gasteiger partial charge < -0.3 is 14.1 Å². The molecule has 0 saturated carbocycles. The van der Waals surface area contributed by atoms with Gasteiger partial charge in [0.25, 0.3) is 5.91 Å². The van der Waals surface area contributed by atoms with Crippen molar-refractivity contribution in [3.05, 3.63) is 51.7 Å². The highest BCUT2D eigenvalue weighted by molar-refractivity contribution is 7.13. The van der Waals surface area contributed by atoms with Gasteiger partial charge in [0.1, 0.15) is 11.3 Å². The maximum Gasteiger partial charge on any atom is 0.336 e. The Morgan fingerprint density at radius 3 is 2.68 bits per heavy atom. The molecule has 0 bridgehead atoms. The van der Waals surface area contributed by atoms with Gasteiger partial charge in [-0.1, -0.05) is 0 Å². The number of likely N-dealkylation sites (tertiary alicyclic amines) is 1. The van der Waals surface area contributed by atoms with E-state index in [4.69, 9.17) is 9.15 Å². The molecule has 3 heterocycles. The summed E-state index contributed by atoms with van der Waals surface area (Å²) in [6.07, 6.45) is 2.69. The average molecular weight is 397 g/mol. The lowest BCUT2D eigenvalue weighted by molar-refractivity contribution is -0.138. The van der Waals surface area contributed by atoms with Gasteiger partial charge in [-0.05, 0) is 62.3 Å². The van der Waals surface area contributed by atoms with Crippen molar-refractivity contribution in [1.82, 2.24) is 4.90 Å². The first-order chi connectivity index (χ1) is 13.5. The molecule has 5 nitrogen and oxygen atoms in total. The molecule has 1 fully saturated rings. The molecule has 28 heavy (non-hydrogen) atoms. The highest BCUT2D eigenvalue weighted by atomic mass is 32.1. The van der Waals surface area contributed by atoms with Gasteiger partial charge in [0.2, 0.25) is 0 Å². The molecule has 4 rings (SSSR count). The van der Waals surface area contributed by atoms with Gasteiger partial charge in [-0.25, -0.2) is 4.79 Å². The predicted octanol–water partition coefficient (Wildman–Crippen LogP) is 4.61. The van der Waals surface area contributed by atoms with E-state index in [1.165, 1.54) is 12.5 Å². The molecule has 0 spiro atoms. The number of hydrogen-bond acceptors (Lipinski definition) is 5. The molecule has 0 radical (unpaired) electrons. The molecule has 0 aliphatic carbocycles. The van der Waals surface area contributed by atoms with Crippen molar-refractivity contribution in [2.75, 3.05) is 13.1 Å². The Morgan fingerprint density at radius 1 is 1.18 bits per heavy atom. The summed E-state index contributed by atoms with van der Waals surface area (Å²) in [4.78, 5) is 27.6. The zero-order chi connectivity index (χ0) is 19.7. The van der Waals surface area contributed by atoms with Crippen LogP contribution in [0, 0.1) is 6.92 Å². The van der Waals surface area contributed by atoms with E-state index in [1.807, 2.05) is 35.4 Å². The van der Waals surface area contributed by atoms with Gasteiger partial charge >= 0.3 is 5.63 Å². The van der Waals surface area contributed by atoms with Crippen molar-refractivity contribution < 1.29 is 13.9 Å². The van der Waals surface area contributed by atoms with Crippen LogP contribution in [0.15, 0.2) is 44.9 Å². The Morgan fingerprint density at radius 2 is 1.96 bits per heavy atom. The minimum absolute atomic E-state index is 0.00390. The smallest absolute Gasteiger partial charge is 0.336 e. The van der Waals surface area contributed by atoms with Crippen LogP contribution in [0.1, 0.15) is 31.7 Å². The summed E-state index contributed by atoms with van der Waals surface area (Å²) in [5.41, 5.74) is 2.05. The van der Waals surface area contributed by atoms with Crippen LogP contribution in [-0.2, 0) is 4.79 Å². The average Bonchev–Trinajstić information content (AvgIpc) is 3.12. The predicted molar refractivity (Wildman–Crippen MR) is 111 cm³/mol. The number of aryl methyl sites for hydroxylation is 1. The number of hydrogen-bond donors (Lipinski definition) is 0. The lowest BCUT2D eigenvalue weighted by atomic mass is 10.1. The molecule has 1 amide bonds. The summed E-state index contributed by atoms with van der Waals surface area (Å²) in [6, 6.07) is 8.98. The number of ether oxygens (including phenoxy) is 1. The first-order valence-corrected chi connectivity index (χ1v) is 10.5. The number of benzene rings is 1. The largest absolute Gasteiger partial charge is 0.481 e. The normalized spacial score (nSPS) is 15.6. The Kier molecular flexibility index (Phi) is 5.22. The maximum absolute atomic E-state index is 12.6. The van der Waals surface area contributed by atoms with Gasteiger partial charge in [0, 0.05) is 41.0 Å². The van der Waals surface area contributed by atoms with Gasteiger partial charge in [0.05, 0.1) is 0 Å². The number of rotatable bonds is 4. The first kappa shape index (κ1) is 18.7. The van der Waals surface area contributed by atoms with Crippen LogP contribution in [0.5, 0.6) is 5.75 Å². The lowest BCUT2D eigenvalue weighted by Gasteiger charge is -2.29. The molecule has 1 atom stereocenters. The summed E-state index contributed by atoms with van der Waals surface area (Å²) < 4.78 is 11.3. The molecule has 0 unspecified atom stereocenters. The van der Waals surface area contributed by atoms with Gasteiger partial charge in [-0.3, -0.25) is 4.79 Å². The lowest BCUT2D eigenvalue weighted by Crippen LogP contribution is -2.43.